The molecule has 4 rings (SSSR count). The normalized spacial score (nSPS) is 19.3. The lowest BCUT2D eigenvalue weighted by Crippen LogP contribution is -2.49. The minimum Gasteiger partial charge on any atom is -0.341 e. The van der Waals surface area contributed by atoms with Crippen LogP contribution in [0.4, 0.5) is 5.69 Å². The topological polar surface area (TPSA) is 52.7 Å². The lowest BCUT2D eigenvalue weighted by atomic mass is 9.91. The van der Waals surface area contributed by atoms with Crippen LogP contribution < -0.4 is 5.32 Å². The number of carbonyl (C=O) groups is 2. The van der Waals surface area contributed by atoms with Crippen LogP contribution in [0.5, 0.6) is 0 Å². The summed E-state index contributed by atoms with van der Waals surface area (Å²) in [4.78, 5) is 30.5. The van der Waals surface area contributed by atoms with Crippen LogP contribution in [0.15, 0.2) is 42.5 Å². The van der Waals surface area contributed by atoms with Crippen LogP contribution in [0.2, 0.25) is 0 Å². The molecule has 0 saturated carbocycles. The van der Waals surface area contributed by atoms with E-state index >= 15 is 0 Å². The molecule has 1 fully saturated rings. The molecule has 0 spiro atoms. The highest BCUT2D eigenvalue weighted by molar-refractivity contribution is 5.94. The van der Waals surface area contributed by atoms with Gasteiger partial charge in [-0.15, -0.1) is 0 Å². The van der Waals surface area contributed by atoms with E-state index in [4.69, 9.17) is 0 Å². The summed E-state index contributed by atoms with van der Waals surface area (Å²) in [6, 6.07) is 13.9. The van der Waals surface area contributed by atoms with Gasteiger partial charge in [0.25, 0.3) is 0 Å². The molecule has 0 aromatic heterocycles. The Kier molecular flexibility index (Phi) is 6.18. The molecule has 0 bridgehead atoms. The third kappa shape index (κ3) is 4.41. The number of piperidine rings is 1. The first-order valence-corrected chi connectivity index (χ1v) is 11.0. The van der Waals surface area contributed by atoms with E-state index in [9.17, 15) is 9.59 Å². The Morgan fingerprint density at radius 1 is 1.00 bits per heavy atom. The molecular formula is C25H31N3O2. The standard InChI is InChI=1S/C25H31N3O2/c1-18-10-11-19(2)22(16-18)26-23(29)17-28-15-12-20-8-4-5-9-21(20)24(28)25(30)27-13-6-3-7-14-27/h4-5,8-11,16,24H,3,6-7,12-15,17H2,1-2H3,(H,26,29)/t24-/m0/s1. The van der Waals surface area contributed by atoms with E-state index in [1.165, 1.54) is 12.0 Å². The van der Waals surface area contributed by atoms with Gasteiger partial charge in [-0.1, -0.05) is 36.4 Å². The van der Waals surface area contributed by atoms with Gasteiger partial charge in [0.15, 0.2) is 0 Å². The Bertz CT molecular complexity index is 934. The molecule has 158 valence electrons. The maximum Gasteiger partial charge on any atom is 0.244 e. The summed E-state index contributed by atoms with van der Waals surface area (Å²) in [5.74, 6) is 0.0703. The predicted octanol–water partition coefficient (Wildman–Crippen LogP) is 3.85. The fourth-order valence-electron chi connectivity index (χ4n) is 4.61. The van der Waals surface area contributed by atoms with E-state index in [0.29, 0.717) is 6.54 Å². The van der Waals surface area contributed by atoms with Crippen molar-refractivity contribution in [2.24, 2.45) is 0 Å². The average molecular weight is 406 g/mol. The van der Waals surface area contributed by atoms with E-state index in [-0.39, 0.29) is 24.4 Å². The second-order valence-electron chi connectivity index (χ2n) is 8.57. The van der Waals surface area contributed by atoms with Crippen LogP contribution in [0.3, 0.4) is 0 Å². The van der Waals surface area contributed by atoms with Crippen molar-refractivity contribution in [1.29, 1.82) is 0 Å². The molecule has 30 heavy (non-hydrogen) atoms. The minimum atomic E-state index is -0.377. The molecule has 2 aromatic rings. The van der Waals surface area contributed by atoms with Crippen LogP contribution in [0.1, 0.15) is 47.6 Å². The first-order valence-electron chi connectivity index (χ1n) is 11.0. The summed E-state index contributed by atoms with van der Waals surface area (Å²) in [6.45, 7) is 6.58. The zero-order valence-corrected chi connectivity index (χ0v) is 18.0. The SMILES string of the molecule is Cc1ccc(C)c(NC(=O)CN2CCc3ccccc3[C@H]2C(=O)N2CCCCC2)c1. The highest BCUT2D eigenvalue weighted by Crippen LogP contribution is 2.32. The highest BCUT2D eigenvalue weighted by Gasteiger charge is 2.36. The maximum absolute atomic E-state index is 13.5. The molecule has 2 amide bonds. The average Bonchev–Trinajstić information content (AvgIpc) is 2.76. The second-order valence-corrected chi connectivity index (χ2v) is 8.57. The van der Waals surface area contributed by atoms with Crippen LogP contribution in [0.25, 0.3) is 0 Å². The zero-order chi connectivity index (χ0) is 21.1. The highest BCUT2D eigenvalue weighted by atomic mass is 16.2. The van der Waals surface area contributed by atoms with Crippen LogP contribution >= 0.6 is 0 Å². The van der Waals surface area contributed by atoms with Crippen molar-refractivity contribution in [1.82, 2.24) is 9.80 Å². The van der Waals surface area contributed by atoms with Crippen LogP contribution in [-0.2, 0) is 16.0 Å². The Hall–Kier alpha value is -2.66. The van der Waals surface area contributed by atoms with E-state index < -0.39 is 0 Å². The van der Waals surface area contributed by atoms with E-state index in [2.05, 4.69) is 22.3 Å². The van der Waals surface area contributed by atoms with Crippen LogP contribution in [0, 0.1) is 13.8 Å². The van der Waals surface area contributed by atoms with Gasteiger partial charge in [0.2, 0.25) is 11.8 Å². The van der Waals surface area contributed by atoms with E-state index in [0.717, 1.165) is 54.7 Å². The van der Waals surface area contributed by atoms with Gasteiger partial charge in [0, 0.05) is 25.3 Å². The maximum atomic E-state index is 13.5. The van der Waals surface area contributed by atoms with Gasteiger partial charge in [-0.25, -0.2) is 0 Å². The van der Waals surface area contributed by atoms with Crippen molar-refractivity contribution >= 4 is 17.5 Å². The summed E-state index contributed by atoms with van der Waals surface area (Å²) in [5.41, 5.74) is 5.27. The van der Waals surface area contributed by atoms with Gasteiger partial charge >= 0.3 is 0 Å². The van der Waals surface area contributed by atoms with Crippen molar-refractivity contribution < 1.29 is 9.59 Å². The number of benzene rings is 2. The molecule has 2 heterocycles. The monoisotopic (exact) mass is 405 g/mol. The Labute approximate surface area is 179 Å². The number of nitrogens with one attached hydrogen (secondary N) is 1. The third-order valence-corrected chi connectivity index (χ3v) is 6.30. The molecule has 0 unspecified atom stereocenters. The molecule has 2 aliphatic heterocycles. The number of anilines is 1. The summed E-state index contributed by atoms with van der Waals surface area (Å²) in [7, 11) is 0. The molecule has 1 N–H and O–H groups in total. The van der Waals surface area contributed by atoms with E-state index in [1.54, 1.807) is 0 Å². The molecule has 5 nitrogen and oxygen atoms in total. The quantitative estimate of drug-likeness (QED) is 0.841. The molecule has 1 atom stereocenters. The van der Waals surface area contributed by atoms with Gasteiger partial charge < -0.3 is 10.2 Å². The fourth-order valence-corrected chi connectivity index (χ4v) is 4.61. The number of hydrogen-bond acceptors (Lipinski definition) is 3. The number of rotatable bonds is 4. The molecule has 2 aliphatic rings. The zero-order valence-electron chi connectivity index (χ0n) is 18.0. The van der Waals surface area contributed by atoms with Gasteiger partial charge in [-0.3, -0.25) is 14.5 Å². The smallest absolute Gasteiger partial charge is 0.244 e. The van der Waals surface area contributed by atoms with Crippen molar-refractivity contribution in [2.45, 2.75) is 45.6 Å². The number of carbonyl (C=O) groups excluding carboxylic acids is 2. The van der Waals surface area contributed by atoms with Crippen molar-refractivity contribution in [3.63, 3.8) is 0 Å². The summed E-state index contributed by atoms with van der Waals surface area (Å²) in [6.07, 6.45) is 4.17. The van der Waals surface area contributed by atoms with Crippen LogP contribution in [-0.4, -0.2) is 47.8 Å². The summed E-state index contributed by atoms with van der Waals surface area (Å²) in [5, 5.41) is 3.06. The van der Waals surface area contributed by atoms with Crippen molar-refractivity contribution in [3.8, 4) is 0 Å². The second kappa shape index (κ2) is 9.00. The molecule has 2 aromatic carbocycles. The molecule has 5 heteroatoms. The first-order chi connectivity index (χ1) is 14.5. The molecule has 0 aliphatic carbocycles. The van der Waals surface area contributed by atoms with E-state index in [1.807, 2.05) is 49.1 Å². The molecular weight excluding hydrogens is 374 g/mol. The van der Waals surface area contributed by atoms with Gasteiger partial charge in [-0.2, -0.15) is 0 Å². The van der Waals surface area contributed by atoms with Gasteiger partial charge in [0.05, 0.1) is 6.54 Å². The summed E-state index contributed by atoms with van der Waals surface area (Å²) < 4.78 is 0. The Morgan fingerprint density at radius 3 is 2.57 bits per heavy atom. The minimum absolute atomic E-state index is 0.0699. The van der Waals surface area contributed by atoms with Crippen molar-refractivity contribution in [3.05, 3.63) is 64.7 Å². The molecule has 0 radical (unpaired) electrons. The fraction of sp³-hybridized carbons (Fsp3) is 0.440. The number of nitrogens with zero attached hydrogens (tertiary/aromatic N) is 2. The number of aryl methyl sites for hydroxylation is 2. The first kappa shape index (κ1) is 20.6. The van der Waals surface area contributed by atoms with Gasteiger partial charge in [-0.05, 0) is 67.9 Å². The Balaban J connectivity index is 1.55. The number of hydrogen-bond donors (Lipinski definition) is 1. The van der Waals surface area contributed by atoms with Crippen molar-refractivity contribution in [2.75, 3.05) is 31.5 Å². The lowest BCUT2D eigenvalue weighted by Gasteiger charge is -2.39. The summed E-state index contributed by atoms with van der Waals surface area (Å²) >= 11 is 0. The number of amides is 2. The Morgan fingerprint density at radius 2 is 1.77 bits per heavy atom. The lowest BCUT2D eigenvalue weighted by molar-refractivity contribution is -0.139. The van der Waals surface area contributed by atoms with Gasteiger partial charge in [0.1, 0.15) is 6.04 Å². The number of likely N-dealkylation sites (tertiary alicyclic amines) is 1. The largest absolute Gasteiger partial charge is 0.341 e. The number of fused-ring (bicyclic) bond motifs is 1. The molecule has 1 saturated heterocycles. The third-order valence-electron chi connectivity index (χ3n) is 6.30. The predicted molar refractivity (Wildman–Crippen MR) is 119 cm³/mol.